The number of aromatic nitrogens is 2. The van der Waals surface area contributed by atoms with E-state index in [1.54, 1.807) is 0 Å². The van der Waals surface area contributed by atoms with Crippen molar-refractivity contribution in [2.75, 3.05) is 13.1 Å². The number of nitrogens with one attached hydrogen (secondary N) is 1. The average Bonchev–Trinajstić information content (AvgIpc) is 2.65. The molecule has 0 aliphatic carbocycles. The first-order chi connectivity index (χ1) is 6.79. The number of nitrogens with zero attached hydrogens (tertiary/aromatic N) is 2. The molecule has 0 radical (unpaired) electrons. The highest BCUT2D eigenvalue weighted by Gasteiger charge is 2.21. The van der Waals surface area contributed by atoms with Crippen LogP contribution in [0.5, 0.6) is 0 Å². The van der Waals surface area contributed by atoms with E-state index in [-0.39, 0.29) is 0 Å². The zero-order valence-corrected chi connectivity index (χ0v) is 9.03. The number of hydrogen-bond donors (Lipinski definition) is 1. The molecule has 14 heavy (non-hydrogen) atoms. The van der Waals surface area contributed by atoms with Gasteiger partial charge in [0.1, 0.15) is 0 Å². The molecule has 1 saturated heterocycles. The highest BCUT2D eigenvalue weighted by atomic mass is 15.1. The second-order valence-electron chi connectivity index (χ2n) is 4.29. The van der Waals surface area contributed by atoms with Gasteiger partial charge in [-0.25, -0.2) is 4.98 Å². The highest BCUT2D eigenvalue weighted by Crippen LogP contribution is 2.24. The van der Waals surface area contributed by atoms with Gasteiger partial charge in [-0.05, 0) is 45.7 Å². The molecule has 1 aromatic heterocycles. The van der Waals surface area contributed by atoms with E-state index in [0.717, 1.165) is 12.5 Å². The van der Waals surface area contributed by atoms with Crippen LogP contribution in [-0.4, -0.2) is 22.6 Å². The molecular weight excluding hydrogens is 174 g/mol. The Hall–Kier alpha value is -0.830. The Bertz CT molecular complexity index is 286. The van der Waals surface area contributed by atoms with Gasteiger partial charge in [0.15, 0.2) is 0 Å². The molecule has 1 fully saturated rings. The molecule has 2 rings (SSSR count). The molecule has 3 nitrogen and oxygen atoms in total. The lowest BCUT2D eigenvalue weighted by atomic mass is 9.92. The molecule has 78 valence electrons. The van der Waals surface area contributed by atoms with Gasteiger partial charge < -0.3 is 9.88 Å². The van der Waals surface area contributed by atoms with Crippen LogP contribution in [0.15, 0.2) is 12.5 Å². The number of hydrogen-bond acceptors (Lipinski definition) is 2. The van der Waals surface area contributed by atoms with Crippen LogP contribution in [0.1, 0.15) is 31.5 Å². The molecule has 1 N–H and O–H groups in total. The van der Waals surface area contributed by atoms with Gasteiger partial charge in [0, 0.05) is 17.9 Å². The second kappa shape index (κ2) is 4.13. The minimum Gasteiger partial charge on any atom is -0.332 e. The van der Waals surface area contributed by atoms with E-state index >= 15 is 0 Å². The molecule has 2 heterocycles. The summed E-state index contributed by atoms with van der Waals surface area (Å²) in [5, 5.41) is 3.46. The maximum absolute atomic E-state index is 4.18. The molecule has 0 saturated carbocycles. The van der Waals surface area contributed by atoms with Gasteiger partial charge in [-0.15, -0.1) is 0 Å². The summed E-state index contributed by atoms with van der Waals surface area (Å²) < 4.78 is 2.29. The Morgan fingerprint density at radius 1 is 1.64 bits per heavy atom. The van der Waals surface area contributed by atoms with E-state index < -0.39 is 0 Å². The maximum Gasteiger partial charge on any atom is 0.0950 e. The minimum atomic E-state index is 0.574. The standard InChI is InChI=1S/C11H19N3/c1-9-6-13-8-14(9)10(2)11-4-3-5-12-7-11/h6,8,10-12H,3-5,7H2,1-2H3. The Morgan fingerprint density at radius 2 is 2.50 bits per heavy atom. The quantitative estimate of drug-likeness (QED) is 0.775. The fraction of sp³-hybridized carbons (Fsp3) is 0.727. The molecule has 2 unspecified atom stereocenters. The van der Waals surface area contributed by atoms with E-state index in [2.05, 4.69) is 28.7 Å². The summed E-state index contributed by atoms with van der Waals surface area (Å²) >= 11 is 0. The number of imidazole rings is 1. The first-order valence-electron chi connectivity index (χ1n) is 5.48. The van der Waals surface area contributed by atoms with Crippen molar-refractivity contribution in [3.63, 3.8) is 0 Å². The summed E-state index contributed by atoms with van der Waals surface area (Å²) in [6.07, 6.45) is 6.54. The Labute approximate surface area is 85.5 Å². The molecule has 0 spiro atoms. The SMILES string of the molecule is Cc1cncn1C(C)C1CCCNC1. The van der Waals surface area contributed by atoms with Crippen molar-refractivity contribution in [1.29, 1.82) is 0 Å². The maximum atomic E-state index is 4.18. The summed E-state index contributed by atoms with van der Waals surface area (Å²) in [6.45, 7) is 6.76. The van der Waals surface area contributed by atoms with Gasteiger partial charge in [-0.2, -0.15) is 0 Å². The normalized spacial score (nSPS) is 24.9. The molecule has 2 atom stereocenters. The first kappa shape index (κ1) is 9.71. The Balaban J connectivity index is 2.07. The van der Waals surface area contributed by atoms with E-state index in [4.69, 9.17) is 0 Å². The topological polar surface area (TPSA) is 29.9 Å². The van der Waals surface area contributed by atoms with Crippen molar-refractivity contribution in [3.8, 4) is 0 Å². The number of piperidine rings is 1. The lowest BCUT2D eigenvalue weighted by molar-refractivity contribution is 0.277. The smallest absolute Gasteiger partial charge is 0.0950 e. The van der Waals surface area contributed by atoms with Crippen LogP contribution in [0.4, 0.5) is 0 Å². The summed E-state index contributed by atoms with van der Waals surface area (Å²) in [5.41, 5.74) is 1.27. The van der Waals surface area contributed by atoms with Gasteiger partial charge >= 0.3 is 0 Å². The predicted octanol–water partition coefficient (Wildman–Crippen LogP) is 1.75. The van der Waals surface area contributed by atoms with E-state index in [1.165, 1.54) is 25.1 Å². The summed E-state index contributed by atoms with van der Waals surface area (Å²) in [7, 11) is 0. The van der Waals surface area contributed by atoms with Gasteiger partial charge in [0.05, 0.1) is 6.33 Å². The number of aryl methyl sites for hydroxylation is 1. The van der Waals surface area contributed by atoms with E-state index in [0.29, 0.717) is 6.04 Å². The third-order valence-electron chi connectivity index (χ3n) is 3.32. The predicted molar refractivity (Wildman–Crippen MR) is 57.3 cm³/mol. The average molecular weight is 193 g/mol. The van der Waals surface area contributed by atoms with Gasteiger partial charge in [0.25, 0.3) is 0 Å². The lowest BCUT2D eigenvalue weighted by Gasteiger charge is -2.29. The van der Waals surface area contributed by atoms with Gasteiger partial charge in [-0.3, -0.25) is 0 Å². The van der Waals surface area contributed by atoms with Crippen LogP contribution in [-0.2, 0) is 0 Å². The third-order valence-corrected chi connectivity index (χ3v) is 3.32. The molecule has 1 aliphatic heterocycles. The zero-order valence-electron chi connectivity index (χ0n) is 9.03. The van der Waals surface area contributed by atoms with Crippen molar-refractivity contribution in [2.24, 2.45) is 5.92 Å². The van der Waals surface area contributed by atoms with Crippen LogP contribution < -0.4 is 5.32 Å². The molecule has 3 heteroatoms. The highest BCUT2D eigenvalue weighted by molar-refractivity contribution is 4.97. The van der Waals surface area contributed by atoms with Crippen molar-refractivity contribution in [2.45, 2.75) is 32.7 Å². The van der Waals surface area contributed by atoms with Gasteiger partial charge in [-0.1, -0.05) is 0 Å². The lowest BCUT2D eigenvalue weighted by Crippen LogP contribution is -2.34. The monoisotopic (exact) mass is 193 g/mol. The summed E-state index contributed by atoms with van der Waals surface area (Å²) in [6, 6.07) is 0.574. The molecule has 1 aliphatic rings. The minimum absolute atomic E-state index is 0.574. The summed E-state index contributed by atoms with van der Waals surface area (Å²) in [5.74, 6) is 0.761. The molecule has 0 amide bonds. The fourth-order valence-corrected chi connectivity index (χ4v) is 2.31. The van der Waals surface area contributed by atoms with Crippen LogP contribution >= 0.6 is 0 Å². The van der Waals surface area contributed by atoms with Crippen LogP contribution in [0.3, 0.4) is 0 Å². The van der Waals surface area contributed by atoms with Crippen molar-refractivity contribution >= 4 is 0 Å². The second-order valence-corrected chi connectivity index (χ2v) is 4.29. The third kappa shape index (κ3) is 1.82. The molecular formula is C11H19N3. The van der Waals surface area contributed by atoms with E-state index in [1.807, 2.05) is 12.5 Å². The molecule has 0 bridgehead atoms. The molecule has 0 aromatic carbocycles. The van der Waals surface area contributed by atoms with Crippen molar-refractivity contribution in [3.05, 3.63) is 18.2 Å². The first-order valence-corrected chi connectivity index (χ1v) is 5.48. The van der Waals surface area contributed by atoms with Crippen molar-refractivity contribution in [1.82, 2.24) is 14.9 Å². The van der Waals surface area contributed by atoms with Gasteiger partial charge in [0.2, 0.25) is 0 Å². The largest absolute Gasteiger partial charge is 0.332 e. The van der Waals surface area contributed by atoms with E-state index in [9.17, 15) is 0 Å². The Kier molecular flexibility index (Phi) is 2.87. The zero-order chi connectivity index (χ0) is 9.97. The van der Waals surface area contributed by atoms with Crippen molar-refractivity contribution < 1.29 is 0 Å². The number of rotatable bonds is 2. The van der Waals surface area contributed by atoms with Crippen LogP contribution in [0.25, 0.3) is 0 Å². The molecule has 1 aromatic rings. The summed E-state index contributed by atoms with van der Waals surface area (Å²) in [4.78, 5) is 4.18. The Morgan fingerprint density at radius 3 is 3.07 bits per heavy atom. The van der Waals surface area contributed by atoms with Crippen LogP contribution in [0, 0.1) is 12.8 Å². The van der Waals surface area contributed by atoms with Crippen LogP contribution in [0.2, 0.25) is 0 Å². The fourth-order valence-electron chi connectivity index (χ4n) is 2.31.